The number of hydrogen-bond donors (Lipinski definition) is 1. The predicted octanol–water partition coefficient (Wildman–Crippen LogP) is 7.59. The van der Waals surface area contributed by atoms with Crippen LogP contribution < -0.4 is 0 Å². The van der Waals surface area contributed by atoms with E-state index in [4.69, 9.17) is 0 Å². The van der Waals surface area contributed by atoms with Crippen LogP contribution in [0.15, 0.2) is 48.5 Å². The Morgan fingerprint density at radius 1 is 0.714 bits per heavy atom. The van der Waals surface area contributed by atoms with E-state index in [1.165, 1.54) is 11.1 Å². The molecule has 1 radical (unpaired) electrons. The molecule has 2 aromatic carbocycles. The Morgan fingerprint density at radius 3 is 1.61 bits per heavy atom. The van der Waals surface area contributed by atoms with E-state index in [2.05, 4.69) is 78.0 Å². The molecule has 0 saturated carbocycles. The number of allylic oxidation sites excluding steroid dienone is 1. The fraction of sp³-hybridized carbons (Fsp3) is 0.346. The van der Waals surface area contributed by atoms with Gasteiger partial charge in [0.15, 0.2) is 0 Å². The summed E-state index contributed by atoms with van der Waals surface area (Å²) in [6.07, 6.45) is 5.50. The Morgan fingerprint density at radius 2 is 1.18 bits per heavy atom. The molecule has 0 saturated heterocycles. The van der Waals surface area contributed by atoms with Crippen LogP contribution in [0, 0.1) is 22.3 Å². The number of para-hydroxylation sites is 1. The monoisotopic (exact) mass is 457 g/mol. The molecule has 153 valence electrons. The number of phenolic OH excluding ortho intramolecular Hbond substituents is 1. The fourth-order valence-electron chi connectivity index (χ4n) is 2.95. The molecule has 1 aliphatic rings. The molecule has 2 aromatic rings. The maximum absolute atomic E-state index is 10.3. The minimum absolute atomic E-state index is 0. The smallest absolute Gasteiger partial charge is 0.507 e. The van der Waals surface area contributed by atoms with Gasteiger partial charge in [-0.25, -0.2) is 0 Å². The fourth-order valence-corrected chi connectivity index (χ4v) is 2.95. The summed E-state index contributed by atoms with van der Waals surface area (Å²) < 4.78 is 0. The number of aromatic hydroxyl groups is 1. The molecule has 0 fully saturated rings. The minimum Gasteiger partial charge on any atom is -0.507 e. The first-order valence-corrected chi connectivity index (χ1v) is 8.68. The second kappa shape index (κ2) is 12.4. The van der Waals surface area contributed by atoms with E-state index in [1.54, 1.807) is 0 Å². The Balaban J connectivity index is -0.000000420. The third-order valence-electron chi connectivity index (χ3n) is 4.34. The van der Waals surface area contributed by atoms with Crippen molar-refractivity contribution in [2.45, 2.75) is 58.8 Å². The van der Waals surface area contributed by atoms with E-state index in [9.17, 15) is 5.11 Å². The summed E-state index contributed by atoms with van der Waals surface area (Å²) in [5.41, 5.74) is 4.87. The topological polar surface area (TPSA) is 20.2 Å². The first kappa shape index (κ1) is 31.6. The van der Waals surface area contributed by atoms with Crippen molar-refractivity contribution in [3.05, 3.63) is 93.1 Å². The molecular formula is C26H39OZr. The van der Waals surface area contributed by atoms with E-state index in [1.807, 2.05) is 18.2 Å². The van der Waals surface area contributed by atoms with Crippen LogP contribution in [-0.2, 0) is 43.5 Å². The molecule has 3 rings (SSSR count). The first-order valence-electron chi connectivity index (χ1n) is 8.68. The van der Waals surface area contributed by atoms with E-state index < -0.39 is 0 Å². The zero-order valence-electron chi connectivity index (χ0n) is 19.4. The molecule has 1 aliphatic carbocycles. The molecule has 2 heteroatoms. The molecule has 0 spiro atoms. The molecule has 0 aliphatic heterocycles. The summed E-state index contributed by atoms with van der Waals surface area (Å²) >= 11 is 0. The Hall–Kier alpha value is -1.14. The SMILES string of the molecule is C1=Cc2ccccc2C1.CC(C)(C)c1cccc(C(C)(C)C)c1O.[CH3-].[CH3-].[CH3-].[Zr+3]. The number of rotatable bonds is 0. The van der Waals surface area contributed by atoms with Gasteiger partial charge in [0.2, 0.25) is 0 Å². The van der Waals surface area contributed by atoms with Crippen molar-refractivity contribution in [2.24, 2.45) is 0 Å². The molecule has 0 bridgehead atoms. The second-order valence-electron chi connectivity index (χ2n) is 8.51. The van der Waals surface area contributed by atoms with Gasteiger partial charge in [-0.3, -0.25) is 0 Å². The van der Waals surface area contributed by atoms with E-state index in [0.29, 0.717) is 5.75 Å². The van der Waals surface area contributed by atoms with Crippen LogP contribution in [-0.4, -0.2) is 5.11 Å². The largest absolute Gasteiger partial charge is 3.00 e. The summed E-state index contributed by atoms with van der Waals surface area (Å²) in [5, 5.41) is 10.3. The van der Waals surface area contributed by atoms with Gasteiger partial charge in [-0.15, -0.1) is 0 Å². The Kier molecular flexibility index (Phi) is 14.0. The zero-order valence-corrected chi connectivity index (χ0v) is 21.8. The quantitative estimate of drug-likeness (QED) is 0.403. The summed E-state index contributed by atoms with van der Waals surface area (Å²) in [7, 11) is 0. The predicted molar refractivity (Wildman–Crippen MR) is 124 cm³/mol. The van der Waals surface area contributed by atoms with Gasteiger partial charge in [0.05, 0.1) is 0 Å². The minimum atomic E-state index is -0.00859. The van der Waals surface area contributed by atoms with Crippen molar-refractivity contribution in [1.82, 2.24) is 0 Å². The third kappa shape index (κ3) is 8.08. The first-order chi connectivity index (χ1) is 11.1. The maximum Gasteiger partial charge on any atom is 3.00 e. The van der Waals surface area contributed by atoms with Crippen molar-refractivity contribution < 1.29 is 31.3 Å². The second-order valence-corrected chi connectivity index (χ2v) is 8.51. The summed E-state index contributed by atoms with van der Waals surface area (Å²) in [4.78, 5) is 0. The van der Waals surface area contributed by atoms with Crippen LogP contribution in [0.25, 0.3) is 6.08 Å². The number of benzene rings is 2. The Bertz CT molecular complexity index is 699. The molecule has 0 heterocycles. The van der Waals surface area contributed by atoms with Gasteiger partial charge in [0, 0.05) is 0 Å². The normalized spacial score (nSPS) is 11.4. The van der Waals surface area contributed by atoms with E-state index in [-0.39, 0.29) is 59.3 Å². The van der Waals surface area contributed by atoms with Gasteiger partial charge in [-0.2, -0.15) is 0 Å². The van der Waals surface area contributed by atoms with Crippen LogP contribution >= 0.6 is 0 Å². The Labute approximate surface area is 194 Å². The standard InChI is InChI=1S/C14H22O.C9H8.3CH3.Zr/c1-13(2,3)10-8-7-9-11(12(10)15)14(4,5)6;1-2-5-9-7-3-6-8(9)4-1;;;;/h7-9,15H,1-6H3;1-6H,7H2;3*1H3;/q;;3*-1;+3. The molecule has 1 N–H and O–H groups in total. The molecule has 0 atom stereocenters. The maximum atomic E-state index is 10.3. The van der Waals surface area contributed by atoms with Crippen molar-refractivity contribution in [2.75, 3.05) is 0 Å². The van der Waals surface area contributed by atoms with Crippen LogP contribution in [0.3, 0.4) is 0 Å². The van der Waals surface area contributed by atoms with Crippen LogP contribution in [0.5, 0.6) is 5.75 Å². The molecule has 28 heavy (non-hydrogen) atoms. The molecule has 1 nitrogen and oxygen atoms in total. The average Bonchev–Trinajstić information content (AvgIpc) is 2.94. The van der Waals surface area contributed by atoms with Crippen molar-refractivity contribution in [3.8, 4) is 5.75 Å². The van der Waals surface area contributed by atoms with Crippen LogP contribution in [0.1, 0.15) is 63.8 Å². The number of hydrogen-bond acceptors (Lipinski definition) is 1. The molecule has 0 aromatic heterocycles. The molecule has 0 amide bonds. The molecule has 0 unspecified atom stereocenters. The summed E-state index contributed by atoms with van der Waals surface area (Å²) in [6.45, 7) is 12.7. The van der Waals surface area contributed by atoms with Gasteiger partial charge < -0.3 is 27.4 Å². The van der Waals surface area contributed by atoms with Gasteiger partial charge in [-0.1, -0.05) is 96.2 Å². The van der Waals surface area contributed by atoms with Crippen LogP contribution in [0.2, 0.25) is 0 Å². The molecular weight excluding hydrogens is 420 g/mol. The summed E-state index contributed by atoms with van der Waals surface area (Å²) in [5.74, 6) is 0.456. The van der Waals surface area contributed by atoms with Crippen LogP contribution in [0.4, 0.5) is 0 Å². The van der Waals surface area contributed by atoms with Gasteiger partial charge >= 0.3 is 26.2 Å². The summed E-state index contributed by atoms with van der Waals surface area (Å²) in [6, 6.07) is 14.5. The van der Waals surface area contributed by atoms with Crippen molar-refractivity contribution in [1.29, 1.82) is 0 Å². The third-order valence-corrected chi connectivity index (χ3v) is 4.34. The van der Waals surface area contributed by atoms with Gasteiger partial charge in [0.1, 0.15) is 5.75 Å². The van der Waals surface area contributed by atoms with Crippen molar-refractivity contribution >= 4 is 6.08 Å². The van der Waals surface area contributed by atoms with E-state index >= 15 is 0 Å². The number of phenols is 1. The van der Waals surface area contributed by atoms with Crippen molar-refractivity contribution in [3.63, 3.8) is 0 Å². The number of fused-ring (bicyclic) bond motifs is 1. The zero-order chi connectivity index (χ0) is 18.0. The average molecular weight is 459 g/mol. The van der Waals surface area contributed by atoms with E-state index in [0.717, 1.165) is 17.5 Å². The van der Waals surface area contributed by atoms with Gasteiger partial charge in [0.25, 0.3) is 0 Å². The van der Waals surface area contributed by atoms with Gasteiger partial charge in [-0.05, 0) is 39.5 Å².